The van der Waals surface area contributed by atoms with Gasteiger partial charge in [0, 0.05) is 12.1 Å². The van der Waals surface area contributed by atoms with Gasteiger partial charge in [0.15, 0.2) is 11.5 Å². The Morgan fingerprint density at radius 3 is 2.52 bits per heavy atom. The van der Waals surface area contributed by atoms with E-state index in [-0.39, 0.29) is 5.91 Å². The van der Waals surface area contributed by atoms with Gasteiger partial charge in [0.2, 0.25) is 0 Å². The van der Waals surface area contributed by atoms with Crippen LogP contribution in [0.5, 0.6) is 11.5 Å². The molecule has 1 N–H and O–H groups in total. The van der Waals surface area contributed by atoms with Gasteiger partial charge in [-0.15, -0.1) is 0 Å². The minimum atomic E-state index is -0.0653. The number of hydrogen-bond acceptors (Lipinski definition) is 3. The molecule has 4 heteroatoms. The summed E-state index contributed by atoms with van der Waals surface area (Å²) in [6, 6.07) is 5.31. The fourth-order valence-electron chi connectivity index (χ4n) is 1.93. The van der Waals surface area contributed by atoms with E-state index in [1.165, 1.54) is 0 Å². The number of benzene rings is 1. The Hall–Kier alpha value is -1.71. The maximum atomic E-state index is 12.0. The number of ether oxygens (including phenoxy) is 2. The molecule has 0 aliphatic carbocycles. The van der Waals surface area contributed by atoms with Gasteiger partial charge in [-0.25, -0.2) is 0 Å². The van der Waals surface area contributed by atoms with Gasteiger partial charge < -0.3 is 14.8 Å². The lowest BCUT2D eigenvalue weighted by Gasteiger charge is -2.12. The first-order chi connectivity index (χ1) is 10.2. The molecule has 0 heterocycles. The standard InChI is InChI=1S/C17H27NO3/c1-4-6-8-11-18-17(19)14-9-10-15(16(13-14)20-3)21-12-7-5-2/h9-10,13H,4-8,11-12H2,1-3H3,(H,18,19). The summed E-state index contributed by atoms with van der Waals surface area (Å²) in [5, 5.41) is 2.92. The van der Waals surface area contributed by atoms with E-state index in [9.17, 15) is 4.79 Å². The number of rotatable bonds is 10. The predicted molar refractivity (Wildman–Crippen MR) is 85.3 cm³/mol. The molecule has 1 aromatic carbocycles. The molecular formula is C17H27NO3. The Morgan fingerprint density at radius 1 is 1.10 bits per heavy atom. The van der Waals surface area contributed by atoms with Crippen LogP contribution in [0, 0.1) is 0 Å². The average Bonchev–Trinajstić information content (AvgIpc) is 2.51. The molecule has 0 bridgehead atoms. The monoisotopic (exact) mass is 293 g/mol. The summed E-state index contributed by atoms with van der Waals surface area (Å²) in [4.78, 5) is 12.0. The zero-order valence-corrected chi connectivity index (χ0v) is 13.4. The lowest BCUT2D eigenvalue weighted by atomic mass is 10.2. The van der Waals surface area contributed by atoms with E-state index < -0.39 is 0 Å². The van der Waals surface area contributed by atoms with Gasteiger partial charge in [0.25, 0.3) is 5.91 Å². The molecule has 0 spiro atoms. The molecule has 0 unspecified atom stereocenters. The molecule has 1 amide bonds. The topological polar surface area (TPSA) is 47.6 Å². The highest BCUT2D eigenvalue weighted by Crippen LogP contribution is 2.28. The molecule has 0 saturated heterocycles. The van der Waals surface area contributed by atoms with Crippen LogP contribution in [-0.4, -0.2) is 26.2 Å². The molecule has 0 saturated carbocycles. The normalized spacial score (nSPS) is 10.2. The maximum Gasteiger partial charge on any atom is 0.251 e. The number of amides is 1. The van der Waals surface area contributed by atoms with Crippen LogP contribution in [0.15, 0.2) is 18.2 Å². The van der Waals surface area contributed by atoms with Crippen molar-refractivity contribution in [3.05, 3.63) is 23.8 Å². The van der Waals surface area contributed by atoms with Gasteiger partial charge >= 0.3 is 0 Å². The van der Waals surface area contributed by atoms with Crippen molar-refractivity contribution in [1.82, 2.24) is 5.32 Å². The number of carbonyl (C=O) groups is 1. The van der Waals surface area contributed by atoms with Crippen LogP contribution < -0.4 is 14.8 Å². The summed E-state index contributed by atoms with van der Waals surface area (Å²) < 4.78 is 11.0. The summed E-state index contributed by atoms with van der Waals surface area (Å²) >= 11 is 0. The first-order valence-electron chi connectivity index (χ1n) is 7.82. The van der Waals surface area contributed by atoms with Crippen LogP contribution in [0.1, 0.15) is 56.3 Å². The minimum Gasteiger partial charge on any atom is -0.493 e. The smallest absolute Gasteiger partial charge is 0.251 e. The number of carbonyl (C=O) groups excluding carboxylic acids is 1. The van der Waals surface area contributed by atoms with Crippen molar-refractivity contribution in [2.45, 2.75) is 46.0 Å². The Balaban J connectivity index is 2.61. The van der Waals surface area contributed by atoms with Crippen molar-refractivity contribution in [3.63, 3.8) is 0 Å². The van der Waals surface area contributed by atoms with Crippen molar-refractivity contribution in [2.75, 3.05) is 20.3 Å². The summed E-state index contributed by atoms with van der Waals surface area (Å²) in [6.45, 7) is 5.63. The van der Waals surface area contributed by atoms with E-state index in [4.69, 9.17) is 9.47 Å². The second-order valence-corrected chi connectivity index (χ2v) is 5.03. The van der Waals surface area contributed by atoms with Gasteiger partial charge in [-0.1, -0.05) is 33.1 Å². The van der Waals surface area contributed by atoms with Crippen molar-refractivity contribution >= 4 is 5.91 Å². The fraction of sp³-hybridized carbons (Fsp3) is 0.588. The lowest BCUT2D eigenvalue weighted by molar-refractivity contribution is 0.0952. The molecule has 118 valence electrons. The first-order valence-corrected chi connectivity index (χ1v) is 7.82. The summed E-state index contributed by atoms with van der Waals surface area (Å²) in [7, 11) is 1.59. The molecule has 0 aliphatic rings. The average molecular weight is 293 g/mol. The first kappa shape index (κ1) is 17.3. The molecule has 4 nitrogen and oxygen atoms in total. The molecule has 0 aliphatic heterocycles. The van der Waals surface area contributed by atoms with Crippen molar-refractivity contribution in [1.29, 1.82) is 0 Å². The van der Waals surface area contributed by atoms with E-state index in [2.05, 4.69) is 19.2 Å². The third kappa shape index (κ3) is 6.06. The molecule has 0 fully saturated rings. The molecule has 0 atom stereocenters. The van der Waals surface area contributed by atoms with Crippen LogP contribution in [-0.2, 0) is 0 Å². The van der Waals surface area contributed by atoms with Crippen molar-refractivity contribution < 1.29 is 14.3 Å². The van der Waals surface area contributed by atoms with Gasteiger partial charge in [-0.05, 0) is 31.0 Å². The summed E-state index contributed by atoms with van der Waals surface area (Å²) in [5.74, 6) is 1.23. The molecule has 1 rings (SSSR count). The second kappa shape index (κ2) is 10.1. The molecule has 0 aromatic heterocycles. The van der Waals surface area contributed by atoms with Crippen LogP contribution in [0.4, 0.5) is 0 Å². The molecular weight excluding hydrogens is 266 g/mol. The highest BCUT2D eigenvalue weighted by atomic mass is 16.5. The Labute approximate surface area is 127 Å². The Kier molecular flexibility index (Phi) is 8.32. The maximum absolute atomic E-state index is 12.0. The van der Waals surface area contributed by atoms with Gasteiger partial charge in [-0.2, -0.15) is 0 Å². The number of hydrogen-bond donors (Lipinski definition) is 1. The summed E-state index contributed by atoms with van der Waals surface area (Å²) in [6.07, 6.45) is 5.38. The van der Waals surface area contributed by atoms with Crippen LogP contribution in [0.2, 0.25) is 0 Å². The van der Waals surface area contributed by atoms with Crippen LogP contribution in [0.25, 0.3) is 0 Å². The van der Waals surface area contributed by atoms with Crippen LogP contribution in [0.3, 0.4) is 0 Å². The van der Waals surface area contributed by atoms with E-state index in [0.717, 1.165) is 32.1 Å². The van der Waals surface area contributed by atoms with E-state index in [1.54, 1.807) is 25.3 Å². The zero-order valence-electron chi connectivity index (χ0n) is 13.4. The van der Waals surface area contributed by atoms with E-state index in [0.29, 0.717) is 30.2 Å². The number of unbranched alkanes of at least 4 members (excludes halogenated alkanes) is 3. The van der Waals surface area contributed by atoms with Gasteiger partial charge in [-0.3, -0.25) is 4.79 Å². The second-order valence-electron chi connectivity index (χ2n) is 5.03. The lowest BCUT2D eigenvalue weighted by Crippen LogP contribution is -2.24. The van der Waals surface area contributed by atoms with Gasteiger partial charge in [0.1, 0.15) is 0 Å². The molecule has 0 radical (unpaired) electrons. The highest BCUT2D eigenvalue weighted by molar-refractivity contribution is 5.94. The number of methoxy groups -OCH3 is 1. The largest absolute Gasteiger partial charge is 0.493 e. The van der Waals surface area contributed by atoms with Crippen molar-refractivity contribution in [2.24, 2.45) is 0 Å². The van der Waals surface area contributed by atoms with Crippen molar-refractivity contribution in [3.8, 4) is 11.5 Å². The minimum absolute atomic E-state index is 0.0653. The predicted octanol–water partition coefficient (Wildman–Crippen LogP) is 3.79. The third-order valence-corrected chi connectivity index (χ3v) is 3.25. The van der Waals surface area contributed by atoms with E-state index in [1.807, 2.05) is 0 Å². The Morgan fingerprint density at radius 2 is 1.86 bits per heavy atom. The summed E-state index contributed by atoms with van der Waals surface area (Å²) in [5.41, 5.74) is 0.603. The van der Waals surface area contributed by atoms with Gasteiger partial charge in [0.05, 0.1) is 13.7 Å². The SMILES string of the molecule is CCCCCNC(=O)c1ccc(OCCCC)c(OC)c1. The number of nitrogens with one attached hydrogen (secondary N) is 1. The molecule has 1 aromatic rings. The highest BCUT2D eigenvalue weighted by Gasteiger charge is 2.10. The van der Waals surface area contributed by atoms with E-state index >= 15 is 0 Å². The Bertz CT molecular complexity index is 432. The zero-order chi connectivity index (χ0) is 15.5. The fourth-order valence-corrected chi connectivity index (χ4v) is 1.93. The van der Waals surface area contributed by atoms with Crippen LogP contribution >= 0.6 is 0 Å². The molecule has 21 heavy (non-hydrogen) atoms. The quantitative estimate of drug-likeness (QED) is 0.668. The third-order valence-electron chi connectivity index (χ3n) is 3.25.